The molecule has 0 amide bonds. The number of hydrogen-bond acceptors (Lipinski definition) is 6. The Labute approximate surface area is 160 Å². The zero-order chi connectivity index (χ0) is 19.7. The van der Waals surface area contributed by atoms with Crippen molar-refractivity contribution >= 4 is 5.84 Å². The van der Waals surface area contributed by atoms with Gasteiger partial charge < -0.3 is 0 Å². The van der Waals surface area contributed by atoms with E-state index in [1.165, 1.54) is 22.9 Å². The number of amidine groups is 1. The molecule has 0 spiro atoms. The summed E-state index contributed by atoms with van der Waals surface area (Å²) in [7, 11) is 1.58. The number of halogens is 2. The van der Waals surface area contributed by atoms with E-state index in [1.807, 2.05) is 0 Å². The van der Waals surface area contributed by atoms with Gasteiger partial charge in [0.05, 0.1) is 0 Å². The Morgan fingerprint density at radius 1 is 1.18 bits per heavy atom. The van der Waals surface area contributed by atoms with E-state index in [9.17, 15) is 13.6 Å². The molecule has 1 unspecified atom stereocenters. The van der Waals surface area contributed by atoms with E-state index >= 15 is 0 Å². The minimum Gasteiger partial charge on any atom is -0.268 e. The molecule has 3 heterocycles. The SMILES string of the molecule is Cn1nc(C2=NC(N3CCC(Cc4ccc(F)c(F)c4)CC3)ON2)ccc1=O. The number of aryl methyl sites for hydroxylation is 1. The van der Waals surface area contributed by atoms with Gasteiger partial charge in [-0.1, -0.05) is 6.07 Å². The number of piperidine rings is 1. The maximum Gasteiger partial charge on any atom is 0.266 e. The third kappa shape index (κ3) is 3.95. The van der Waals surface area contributed by atoms with Gasteiger partial charge in [-0.05, 0) is 48.9 Å². The van der Waals surface area contributed by atoms with Crippen molar-refractivity contribution < 1.29 is 13.6 Å². The van der Waals surface area contributed by atoms with Crippen molar-refractivity contribution in [3.05, 3.63) is 63.6 Å². The molecular formula is C19H21F2N5O2. The molecule has 0 radical (unpaired) electrons. The quantitative estimate of drug-likeness (QED) is 0.860. The molecule has 0 saturated carbocycles. The molecule has 2 aliphatic rings. The van der Waals surface area contributed by atoms with E-state index in [1.54, 1.807) is 19.2 Å². The predicted octanol–water partition coefficient (Wildman–Crippen LogP) is 1.58. The lowest BCUT2D eigenvalue weighted by Gasteiger charge is -2.33. The topological polar surface area (TPSA) is 71.8 Å². The Balaban J connectivity index is 1.35. The minimum absolute atomic E-state index is 0.192. The lowest BCUT2D eigenvalue weighted by molar-refractivity contribution is -0.0767. The highest BCUT2D eigenvalue weighted by molar-refractivity contribution is 5.96. The summed E-state index contributed by atoms with van der Waals surface area (Å²) in [5.41, 5.74) is 3.95. The van der Waals surface area contributed by atoms with Gasteiger partial charge in [-0.2, -0.15) is 5.10 Å². The van der Waals surface area contributed by atoms with E-state index < -0.39 is 18.0 Å². The van der Waals surface area contributed by atoms with Crippen molar-refractivity contribution in [1.82, 2.24) is 20.2 Å². The van der Waals surface area contributed by atoms with Crippen LogP contribution in [-0.4, -0.2) is 40.0 Å². The molecule has 4 rings (SSSR count). The first kappa shape index (κ1) is 18.7. The van der Waals surface area contributed by atoms with Gasteiger partial charge in [0.2, 0.25) is 6.35 Å². The fourth-order valence-electron chi connectivity index (χ4n) is 3.55. The monoisotopic (exact) mass is 389 g/mol. The maximum absolute atomic E-state index is 13.4. The Bertz CT molecular complexity index is 954. The van der Waals surface area contributed by atoms with Crippen LogP contribution in [0.3, 0.4) is 0 Å². The molecular weight excluding hydrogens is 368 g/mol. The largest absolute Gasteiger partial charge is 0.268 e. The van der Waals surface area contributed by atoms with Gasteiger partial charge in [-0.3, -0.25) is 9.69 Å². The molecule has 2 aromatic rings. The van der Waals surface area contributed by atoms with Gasteiger partial charge in [-0.25, -0.2) is 28.8 Å². The molecule has 1 saturated heterocycles. The Morgan fingerprint density at radius 2 is 1.96 bits per heavy atom. The van der Waals surface area contributed by atoms with E-state index in [0.717, 1.165) is 37.9 Å². The van der Waals surface area contributed by atoms with Crippen LogP contribution >= 0.6 is 0 Å². The summed E-state index contributed by atoms with van der Waals surface area (Å²) in [6, 6.07) is 7.15. The smallest absolute Gasteiger partial charge is 0.266 e. The fourth-order valence-corrected chi connectivity index (χ4v) is 3.55. The van der Waals surface area contributed by atoms with E-state index in [4.69, 9.17) is 4.84 Å². The Hall–Kier alpha value is -2.65. The summed E-state index contributed by atoms with van der Waals surface area (Å²) in [5, 5.41) is 4.16. The van der Waals surface area contributed by atoms with Gasteiger partial charge in [0.15, 0.2) is 17.5 Å². The summed E-state index contributed by atoms with van der Waals surface area (Å²) >= 11 is 0. The molecule has 7 nitrogen and oxygen atoms in total. The normalized spacial score (nSPS) is 20.8. The van der Waals surface area contributed by atoms with Crippen LogP contribution in [0.1, 0.15) is 24.1 Å². The summed E-state index contributed by atoms with van der Waals surface area (Å²) < 4.78 is 27.7. The molecule has 1 fully saturated rings. The second kappa shape index (κ2) is 7.76. The van der Waals surface area contributed by atoms with Crippen molar-refractivity contribution in [2.75, 3.05) is 13.1 Å². The summed E-state index contributed by atoms with van der Waals surface area (Å²) in [6.45, 7) is 1.58. The molecule has 1 N–H and O–H groups in total. The number of nitrogens with one attached hydrogen (secondary N) is 1. The average molecular weight is 389 g/mol. The number of nitrogens with zero attached hydrogens (tertiary/aromatic N) is 4. The summed E-state index contributed by atoms with van der Waals surface area (Å²) in [6.07, 6.45) is 2.12. The molecule has 1 aromatic carbocycles. The average Bonchev–Trinajstić information content (AvgIpc) is 3.18. The van der Waals surface area contributed by atoms with Crippen LogP contribution in [0, 0.1) is 17.6 Å². The van der Waals surface area contributed by atoms with Gasteiger partial charge in [0, 0.05) is 26.2 Å². The molecule has 9 heteroatoms. The lowest BCUT2D eigenvalue weighted by atomic mass is 9.90. The highest BCUT2D eigenvalue weighted by Crippen LogP contribution is 2.25. The van der Waals surface area contributed by atoms with Gasteiger partial charge in [-0.15, -0.1) is 0 Å². The summed E-state index contributed by atoms with van der Waals surface area (Å²) in [4.78, 5) is 23.7. The molecule has 28 heavy (non-hydrogen) atoms. The number of rotatable bonds is 4. The Kier molecular flexibility index (Phi) is 5.19. The van der Waals surface area contributed by atoms with Crippen molar-refractivity contribution in [3.8, 4) is 0 Å². The van der Waals surface area contributed by atoms with Crippen molar-refractivity contribution in [3.63, 3.8) is 0 Å². The fraction of sp³-hybridized carbons (Fsp3) is 0.421. The number of aromatic nitrogens is 2. The van der Waals surface area contributed by atoms with Crippen molar-refractivity contribution in [2.45, 2.75) is 25.6 Å². The van der Waals surface area contributed by atoms with Crippen LogP contribution in [0.4, 0.5) is 8.78 Å². The van der Waals surface area contributed by atoms with Crippen LogP contribution in [0.15, 0.2) is 40.1 Å². The van der Waals surface area contributed by atoms with Crippen LogP contribution < -0.4 is 11.0 Å². The highest BCUT2D eigenvalue weighted by atomic mass is 19.2. The van der Waals surface area contributed by atoms with Gasteiger partial charge >= 0.3 is 0 Å². The van der Waals surface area contributed by atoms with E-state index in [0.29, 0.717) is 17.4 Å². The molecule has 0 aliphatic carbocycles. The van der Waals surface area contributed by atoms with Crippen molar-refractivity contribution in [1.29, 1.82) is 0 Å². The molecule has 2 aliphatic heterocycles. The molecule has 1 atom stereocenters. The first-order valence-corrected chi connectivity index (χ1v) is 9.22. The molecule has 0 bridgehead atoms. The van der Waals surface area contributed by atoms with Crippen molar-refractivity contribution in [2.24, 2.45) is 18.0 Å². The number of hydroxylamine groups is 1. The van der Waals surface area contributed by atoms with E-state index in [2.05, 4.69) is 20.5 Å². The third-order valence-corrected chi connectivity index (χ3v) is 5.17. The third-order valence-electron chi connectivity index (χ3n) is 5.17. The zero-order valence-corrected chi connectivity index (χ0v) is 15.4. The van der Waals surface area contributed by atoms with E-state index in [-0.39, 0.29) is 5.56 Å². The second-order valence-corrected chi connectivity index (χ2v) is 7.14. The Morgan fingerprint density at radius 3 is 2.68 bits per heavy atom. The first-order valence-electron chi connectivity index (χ1n) is 9.22. The summed E-state index contributed by atoms with van der Waals surface area (Å²) in [5.74, 6) is -0.714. The van der Waals surface area contributed by atoms with Crippen LogP contribution in [0.25, 0.3) is 0 Å². The number of aliphatic imine (C=N–C) groups is 1. The van der Waals surface area contributed by atoms with Gasteiger partial charge in [0.1, 0.15) is 5.69 Å². The standard InChI is InChI=1S/C19H21F2N5O2/c1-25-17(27)5-4-16(23-25)18-22-19(28-24-18)26-8-6-12(7-9-26)10-13-2-3-14(20)15(21)11-13/h2-5,11-12,19H,6-10H2,1H3,(H,22,24). The first-order chi connectivity index (χ1) is 13.5. The molecule has 1 aromatic heterocycles. The highest BCUT2D eigenvalue weighted by Gasteiger charge is 2.30. The van der Waals surface area contributed by atoms with Crippen LogP contribution in [-0.2, 0) is 18.3 Å². The number of hydrogen-bond donors (Lipinski definition) is 1. The number of likely N-dealkylation sites (tertiary alicyclic amines) is 1. The van der Waals surface area contributed by atoms with Gasteiger partial charge in [0.25, 0.3) is 5.56 Å². The molecule has 148 valence electrons. The number of benzene rings is 1. The maximum atomic E-state index is 13.4. The van der Waals surface area contributed by atoms with Crippen LogP contribution in [0.2, 0.25) is 0 Å². The van der Waals surface area contributed by atoms with Crippen LogP contribution in [0.5, 0.6) is 0 Å². The lowest BCUT2D eigenvalue weighted by Crippen LogP contribution is -2.41. The zero-order valence-electron chi connectivity index (χ0n) is 15.4. The predicted molar refractivity (Wildman–Crippen MR) is 98.4 cm³/mol. The minimum atomic E-state index is -0.814. The second-order valence-electron chi connectivity index (χ2n) is 7.14.